The van der Waals surface area contributed by atoms with Gasteiger partial charge in [0.15, 0.2) is 11.5 Å². The van der Waals surface area contributed by atoms with Crippen LogP contribution in [0.1, 0.15) is 25.7 Å². The number of nitrogens with zero attached hydrogens (tertiary/aromatic N) is 6. The summed E-state index contributed by atoms with van der Waals surface area (Å²) in [5, 5.41) is 3.59. The zero-order valence-electron chi connectivity index (χ0n) is 18.4. The lowest BCUT2D eigenvalue weighted by molar-refractivity contribution is 0.122. The van der Waals surface area contributed by atoms with Crippen LogP contribution in [-0.2, 0) is 4.74 Å². The molecule has 9 heteroatoms. The molecule has 0 amide bonds. The van der Waals surface area contributed by atoms with Crippen LogP contribution in [0.15, 0.2) is 49.3 Å². The molecule has 0 radical (unpaired) electrons. The molecule has 0 atom stereocenters. The molecule has 4 aromatic rings. The van der Waals surface area contributed by atoms with Crippen molar-refractivity contribution in [2.45, 2.75) is 37.8 Å². The summed E-state index contributed by atoms with van der Waals surface area (Å²) in [4.78, 5) is 20.4. The summed E-state index contributed by atoms with van der Waals surface area (Å²) in [6.45, 7) is 3.23. The smallest absolute Gasteiger partial charge is 0.180 e. The van der Waals surface area contributed by atoms with Crippen molar-refractivity contribution in [2.24, 2.45) is 0 Å². The van der Waals surface area contributed by atoms with Crippen molar-refractivity contribution < 1.29 is 9.47 Å². The highest BCUT2D eigenvalue weighted by Gasteiger charge is 2.25. The summed E-state index contributed by atoms with van der Waals surface area (Å²) in [5.74, 6) is 1.66. The van der Waals surface area contributed by atoms with Crippen molar-refractivity contribution in [3.63, 3.8) is 0 Å². The predicted molar refractivity (Wildman–Crippen MR) is 126 cm³/mol. The largest absolute Gasteiger partial charge is 0.488 e. The minimum Gasteiger partial charge on any atom is -0.488 e. The number of benzene rings is 1. The Morgan fingerprint density at radius 3 is 2.52 bits per heavy atom. The summed E-state index contributed by atoms with van der Waals surface area (Å²) in [6.07, 6.45) is 15.0. The van der Waals surface area contributed by atoms with Gasteiger partial charge >= 0.3 is 0 Å². The Morgan fingerprint density at radius 2 is 1.67 bits per heavy atom. The number of aromatic nitrogens is 5. The van der Waals surface area contributed by atoms with Crippen LogP contribution in [0, 0.1) is 0 Å². The molecule has 0 unspecified atom stereocenters. The van der Waals surface area contributed by atoms with E-state index in [0.717, 1.165) is 85.9 Å². The van der Waals surface area contributed by atoms with Crippen molar-refractivity contribution >= 4 is 28.2 Å². The van der Waals surface area contributed by atoms with Crippen molar-refractivity contribution in [1.29, 1.82) is 0 Å². The maximum Gasteiger partial charge on any atom is 0.180 e. The van der Waals surface area contributed by atoms with E-state index in [2.05, 4.69) is 42.3 Å². The lowest BCUT2D eigenvalue weighted by atomic mass is 9.93. The molecule has 0 spiro atoms. The summed E-state index contributed by atoms with van der Waals surface area (Å²) in [5.41, 5.74) is 3.67. The van der Waals surface area contributed by atoms with Gasteiger partial charge in [-0.3, -0.25) is 4.98 Å². The number of hydrogen-bond donors (Lipinski definition) is 1. The summed E-state index contributed by atoms with van der Waals surface area (Å²) < 4.78 is 14.0. The van der Waals surface area contributed by atoms with E-state index in [9.17, 15) is 0 Å². The second-order valence-electron chi connectivity index (χ2n) is 8.64. The van der Waals surface area contributed by atoms with Gasteiger partial charge in [0, 0.05) is 68.1 Å². The third kappa shape index (κ3) is 4.16. The Bertz CT molecular complexity index is 1250. The third-order valence-corrected chi connectivity index (χ3v) is 6.52. The molecule has 1 aromatic carbocycles. The molecule has 1 saturated heterocycles. The first-order valence-corrected chi connectivity index (χ1v) is 11.6. The normalized spacial score (nSPS) is 21.4. The molecular formula is C24H27N7O2. The van der Waals surface area contributed by atoms with Crippen molar-refractivity contribution in [2.75, 3.05) is 36.5 Å². The first kappa shape index (κ1) is 20.2. The number of imidazole rings is 1. The average Bonchev–Trinajstić information content (AvgIpc) is 3.36. The number of ether oxygens (including phenoxy) is 2. The Morgan fingerprint density at radius 1 is 0.879 bits per heavy atom. The van der Waals surface area contributed by atoms with Gasteiger partial charge in [-0.25, -0.2) is 15.0 Å². The fourth-order valence-corrected chi connectivity index (χ4v) is 4.78. The average molecular weight is 446 g/mol. The van der Waals surface area contributed by atoms with Crippen LogP contribution in [-0.4, -0.2) is 62.8 Å². The second kappa shape index (κ2) is 8.82. The summed E-state index contributed by atoms with van der Waals surface area (Å²) in [7, 11) is 0. The lowest BCUT2D eigenvalue weighted by Crippen LogP contribution is -2.36. The van der Waals surface area contributed by atoms with Crippen molar-refractivity contribution in [1.82, 2.24) is 24.3 Å². The molecule has 4 heterocycles. The second-order valence-corrected chi connectivity index (χ2v) is 8.64. The third-order valence-electron chi connectivity index (χ3n) is 6.52. The molecule has 33 heavy (non-hydrogen) atoms. The van der Waals surface area contributed by atoms with E-state index in [1.54, 1.807) is 24.8 Å². The van der Waals surface area contributed by atoms with Gasteiger partial charge in [-0.15, -0.1) is 0 Å². The summed E-state index contributed by atoms with van der Waals surface area (Å²) >= 11 is 0. The van der Waals surface area contributed by atoms with E-state index in [0.29, 0.717) is 6.04 Å². The molecule has 1 saturated carbocycles. The minimum absolute atomic E-state index is 0.156. The minimum atomic E-state index is 0.156. The van der Waals surface area contributed by atoms with Crippen LogP contribution >= 0.6 is 0 Å². The van der Waals surface area contributed by atoms with Crippen LogP contribution in [0.2, 0.25) is 0 Å². The fourth-order valence-electron chi connectivity index (χ4n) is 4.78. The molecule has 170 valence electrons. The predicted octanol–water partition coefficient (Wildman–Crippen LogP) is 3.31. The molecule has 2 aliphatic rings. The molecule has 1 aliphatic carbocycles. The van der Waals surface area contributed by atoms with Crippen LogP contribution < -0.4 is 15.0 Å². The quantitative estimate of drug-likeness (QED) is 0.500. The van der Waals surface area contributed by atoms with E-state index in [1.165, 1.54) is 0 Å². The molecule has 2 fully saturated rings. The maximum absolute atomic E-state index is 6.54. The molecule has 1 N–H and O–H groups in total. The van der Waals surface area contributed by atoms with Crippen LogP contribution in [0.4, 0.5) is 11.5 Å². The maximum atomic E-state index is 6.54. The highest BCUT2D eigenvalue weighted by atomic mass is 16.5. The van der Waals surface area contributed by atoms with Gasteiger partial charge in [-0.1, -0.05) is 0 Å². The number of morpholine rings is 1. The van der Waals surface area contributed by atoms with Crippen LogP contribution in [0.25, 0.3) is 16.7 Å². The van der Waals surface area contributed by atoms with Gasteiger partial charge in [0.2, 0.25) is 0 Å². The van der Waals surface area contributed by atoms with E-state index in [-0.39, 0.29) is 6.10 Å². The molecule has 9 nitrogen and oxygen atoms in total. The number of anilines is 2. The van der Waals surface area contributed by atoms with E-state index in [4.69, 9.17) is 9.47 Å². The van der Waals surface area contributed by atoms with Gasteiger partial charge in [0.25, 0.3) is 0 Å². The van der Waals surface area contributed by atoms with Gasteiger partial charge in [-0.05, 0) is 31.7 Å². The Kier molecular flexibility index (Phi) is 5.39. The topological polar surface area (TPSA) is 89.7 Å². The highest BCUT2D eigenvalue weighted by Crippen LogP contribution is 2.33. The number of nitrogens with one attached hydrogen (secondary N) is 1. The van der Waals surface area contributed by atoms with Crippen LogP contribution in [0.3, 0.4) is 0 Å². The van der Waals surface area contributed by atoms with Crippen molar-refractivity contribution in [3.8, 4) is 5.75 Å². The van der Waals surface area contributed by atoms with Crippen LogP contribution in [0.5, 0.6) is 5.75 Å². The van der Waals surface area contributed by atoms with Crippen molar-refractivity contribution in [3.05, 3.63) is 49.3 Å². The Balaban J connectivity index is 1.16. The van der Waals surface area contributed by atoms with Gasteiger partial charge in [-0.2, -0.15) is 0 Å². The first-order chi connectivity index (χ1) is 16.3. The zero-order valence-corrected chi connectivity index (χ0v) is 18.4. The molecule has 0 bridgehead atoms. The zero-order chi connectivity index (χ0) is 22.0. The molecule has 3 aromatic heterocycles. The first-order valence-electron chi connectivity index (χ1n) is 11.6. The Labute approximate surface area is 191 Å². The molecular weight excluding hydrogens is 418 g/mol. The van der Waals surface area contributed by atoms with E-state index >= 15 is 0 Å². The highest BCUT2D eigenvalue weighted by molar-refractivity contribution is 5.85. The molecule has 1 aliphatic heterocycles. The fraction of sp³-hybridized carbons (Fsp3) is 0.417. The van der Waals surface area contributed by atoms with E-state index < -0.39 is 0 Å². The Hall–Kier alpha value is -3.46. The number of fused-ring (bicyclic) bond motifs is 2. The lowest BCUT2D eigenvalue weighted by Gasteiger charge is -2.31. The summed E-state index contributed by atoms with van der Waals surface area (Å²) in [6, 6.07) is 4.58. The monoisotopic (exact) mass is 445 g/mol. The number of hydrogen-bond acceptors (Lipinski definition) is 8. The van der Waals surface area contributed by atoms with Gasteiger partial charge in [0.1, 0.15) is 11.3 Å². The number of rotatable bonds is 5. The van der Waals surface area contributed by atoms with Gasteiger partial charge in [0.05, 0.1) is 24.8 Å². The van der Waals surface area contributed by atoms with Gasteiger partial charge < -0.3 is 24.1 Å². The molecule has 6 rings (SSSR count). The standard InChI is InChI=1S/C24H27N7O2/c1-3-19(4-2-17(1)29-23-24-28-8-10-31(24)9-7-27-23)33-21-16-18(30-11-13-32-14-12-30)15-20-22(21)26-6-5-25-20/h5-10,15-17,19H,1-4,11-14H2,(H,27,29). The SMILES string of the molecule is c1cn2ccnc2c(NC2CCC(Oc3cc(N4CCOCC4)cc4nccnc34)CC2)n1. The van der Waals surface area contributed by atoms with E-state index in [1.807, 2.05) is 16.8 Å².